The predicted octanol–water partition coefficient (Wildman–Crippen LogP) is 2.22. The molecule has 0 saturated carbocycles. The van der Waals surface area contributed by atoms with Crippen molar-refractivity contribution in [2.45, 2.75) is 19.9 Å². The predicted molar refractivity (Wildman–Crippen MR) is 91.9 cm³/mol. The number of benzene rings is 1. The summed E-state index contributed by atoms with van der Waals surface area (Å²) in [5.74, 6) is -0.467. The zero-order valence-electron chi connectivity index (χ0n) is 14.9. The van der Waals surface area contributed by atoms with Crippen molar-refractivity contribution in [3.63, 3.8) is 0 Å². The number of aryl methyl sites for hydroxylation is 2. The Hall–Kier alpha value is -3.07. The highest BCUT2D eigenvalue weighted by Gasteiger charge is 2.32. The van der Waals surface area contributed by atoms with Crippen molar-refractivity contribution in [1.29, 1.82) is 0 Å². The maximum atomic E-state index is 14.7. The summed E-state index contributed by atoms with van der Waals surface area (Å²) in [7, 11) is 0. The maximum Gasteiger partial charge on any atom is 0.254 e. The van der Waals surface area contributed by atoms with Gasteiger partial charge in [0.15, 0.2) is 5.82 Å². The van der Waals surface area contributed by atoms with Crippen LogP contribution in [-0.4, -0.2) is 50.5 Å². The Bertz CT molecular complexity index is 970. The molecule has 140 valence electrons. The number of nitrogens with zero attached hydrogens (tertiary/aromatic N) is 5. The molecule has 3 heterocycles. The third-order valence-corrected chi connectivity index (χ3v) is 4.50. The maximum absolute atomic E-state index is 14.7. The van der Waals surface area contributed by atoms with Crippen LogP contribution in [0.4, 0.5) is 4.39 Å². The van der Waals surface area contributed by atoms with Gasteiger partial charge in [0.25, 0.3) is 5.91 Å². The summed E-state index contributed by atoms with van der Waals surface area (Å²) in [5, 5.41) is 8.09. The minimum Gasteiger partial charge on any atom is -0.377 e. The Balaban J connectivity index is 1.63. The van der Waals surface area contributed by atoms with Gasteiger partial charge in [-0.3, -0.25) is 4.79 Å². The number of halogens is 1. The monoisotopic (exact) mass is 371 g/mol. The first-order valence-corrected chi connectivity index (χ1v) is 8.53. The Morgan fingerprint density at radius 2 is 2.15 bits per heavy atom. The molecule has 1 aliphatic rings. The molecule has 9 heteroatoms. The molecule has 0 bridgehead atoms. The number of hydrogen-bond acceptors (Lipinski definition) is 6. The van der Waals surface area contributed by atoms with E-state index in [1.54, 1.807) is 17.0 Å². The lowest BCUT2D eigenvalue weighted by molar-refractivity contribution is -0.00578. The van der Waals surface area contributed by atoms with Crippen molar-refractivity contribution in [3.8, 4) is 5.69 Å². The van der Waals surface area contributed by atoms with E-state index in [2.05, 4.69) is 15.2 Å². The molecule has 1 aromatic carbocycles. The molecular formula is C18H18FN5O3. The minimum absolute atomic E-state index is 0.244. The largest absolute Gasteiger partial charge is 0.377 e. The van der Waals surface area contributed by atoms with Gasteiger partial charge in [0.1, 0.15) is 17.5 Å². The summed E-state index contributed by atoms with van der Waals surface area (Å²) in [6.07, 6.45) is 1.20. The van der Waals surface area contributed by atoms with E-state index in [1.165, 1.54) is 17.1 Å². The molecule has 0 radical (unpaired) electrons. The Labute approximate surface area is 154 Å². The molecule has 3 aromatic rings. The normalized spacial score (nSPS) is 17.3. The Morgan fingerprint density at radius 1 is 1.30 bits per heavy atom. The highest BCUT2D eigenvalue weighted by molar-refractivity contribution is 5.94. The van der Waals surface area contributed by atoms with Crippen LogP contribution >= 0.6 is 0 Å². The number of hydrogen-bond donors (Lipinski definition) is 0. The van der Waals surface area contributed by atoms with E-state index in [4.69, 9.17) is 9.26 Å². The smallest absolute Gasteiger partial charge is 0.254 e. The van der Waals surface area contributed by atoms with E-state index < -0.39 is 11.9 Å². The van der Waals surface area contributed by atoms with Crippen molar-refractivity contribution in [2.75, 3.05) is 19.8 Å². The Kier molecular flexibility index (Phi) is 4.44. The lowest BCUT2D eigenvalue weighted by Gasteiger charge is -2.33. The first-order chi connectivity index (χ1) is 13.0. The number of morpholine rings is 1. The van der Waals surface area contributed by atoms with Crippen LogP contribution in [0.1, 0.15) is 33.6 Å². The van der Waals surface area contributed by atoms with Crippen LogP contribution in [0, 0.1) is 19.7 Å². The lowest BCUT2D eigenvalue weighted by atomic mass is 10.1. The van der Waals surface area contributed by atoms with Crippen LogP contribution in [-0.2, 0) is 4.74 Å². The van der Waals surface area contributed by atoms with Gasteiger partial charge in [0.2, 0.25) is 6.39 Å². The van der Waals surface area contributed by atoms with E-state index in [0.717, 1.165) is 11.4 Å². The average Bonchev–Trinajstić information content (AvgIpc) is 3.31. The summed E-state index contributed by atoms with van der Waals surface area (Å²) in [6.45, 7) is 4.71. The molecule has 0 spiro atoms. The van der Waals surface area contributed by atoms with Crippen molar-refractivity contribution in [3.05, 3.63) is 59.3 Å². The number of amides is 1. The van der Waals surface area contributed by atoms with Crippen LogP contribution in [0.2, 0.25) is 0 Å². The molecular weight excluding hydrogens is 353 g/mol. The zero-order chi connectivity index (χ0) is 19.0. The summed E-state index contributed by atoms with van der Waals surface area (Å²) in [4.78, 5) is 18.6. The van der Waals surface area contributed by atoms with Gasteiger partial charge >= 0.3 is 0 Å². The molecule has 4 rings (SSSR count). The molecule has 0 aliphatic carbocycles. The van der Waals surface area contributed by atoms with E-state index in [1.807, 2.05) is 19.9 Å². The van der Waals surface area contributed by atoms with Gasteiger partial charge in [-0.1, -0.05) is 5.16 Å². The van der Waals surface area contributed by atoms with Crippen LogP contribution < -0.4 is 0 Å². The van der Waals surface area contributed by atoms with E-state index in [-0.39, 0.29) is 18.1 Å². The molecule has 1 atom stereocenters. The van der Waals surface area contributed by atoms with Crippen LogP contribution in [0.3, 0.4) is 0 Å². The molecule has 8 nitrogen and oxygen atoms in total. The van der Waals surface area contributed by atoms with Crippen molar-refractivity contribution in [1.82, 2.24) is 24.8 Å². The van der Waals surface area contributed by atoms with Gasteiger partial charge in [-0.2, -0.15) is 10.1 Å². The number of ether oxygens (including phenoxy) is 1. The van der Waals surface area contributed by atoms with Crippen molar-refractivity contribution < 1.29 is 18.4 Å². The molecule has 1 fully saturated rings. The van der Waals surface area contributed by atoms with Gasteiger partial charge in [-0.25, -0.2) is 9.07 Å². The van der Waals surface area contributed by atoms with E-state index in [9.17, 15) is 9.18 Å². The average molecular weight is 371 g/mol. The Morgan fingerprint density at radius 3 is 2.81 bits per heavy atom. The zero-order valence-corrected chi connectivity index (χ0v) is 14.9. The third kappa shape index (κ3) is 3.21. The van der Waals surface area contributed by atoms with Crippen LogP contribution in [0.5, 0.6) is 0 Å². The first kappa shape index (κ1) is 17.3. The summed E-state index contributed by atoms with van der Waals surface area (Å²) < 4.78 is 26.5. The fourth-order valence-corrected chi connectivity index (χ4v) is 3.24. The van der Waals surface area contributed by atoms with Gasteiger partial charge in [0, 0.05) is 17.8 Å². The third-order valence-electron chi connectivity index (χ3n) is 4.50. The van der Waals surface area contributed by atoms with Crippen molar-refractivity contribution >= 4 is 5.91 Å². The molecule has 0 unspecified atom stereocenters. The quantitative estimate of drug-likeness (QED) is 0.702. The fourth-order valence-electron chi connectivity index (χ4n) is 3.24. The SMILES string of the molecule is Cc1cc(C)n(-c2ccc(C(=O)N3CCOC[C@@H]3c3ncon3)cc2F)n1. The number of carbonyl (C=O) groups excluding carboxylic acids is 1. The van der Waals surface area contributed by atoms with Crippen LogP contribution in [0.15, 0.2) is 35.2 Å². The van der Waals surface area contributed by atoms with E-state index >= 15 is 0 Å². The summed E-state index contributed by atoms with van der Waals surface area (Å²) in [6, 6.07) is 5.79. The molecule has 0 N–H and O–H groups in total. The molecule has 1 amide bonds. The van der Waals surface area contributed by atoms with E-state index in [0.29, 0.717) is 24.7 Å². The van der Waals surface area contributed by atoms with Gasteiger partial charge in [-0.05, 0) is 38.1 Å². The molecule has 1 aliphatic heterocycles. The second kappa shape index (κ2) is 6.92. The van der Waals surface area contributed by atoms with Gasteiger partial charge in [0.05, 0.1) is 18.9 Å². The van der Waals surface area contributed by atoms with Gasteiger partial charge in [-0.15, -0.1) is 0 Å². The lowest BCUT2D eigenvalue weighted by Crippen LogP contribution is -2.43. The molecule has 27 heavy (non-hydrogen) atoms. The first-order valence-electron chi connectivity index (χ1n) is 8.53. The second-order valence-electron chi connectivity index (χ2n) is 6.38. The topological polar surface area (TPSA) is 86.3 Å². The standard InChI is InChI=1S/C18H18FN5O3/c1-11-7-12(2)24(21-11)15-4-3-13(8-14(15)19)18(25)23-5-6-26-9-16(23)17-20-10-27-22-17/h3-4,7-8,10,16H,5-6,9H2,1-2H3/t16-/m1/s1. The van der Waals surface area contributed by atoms with Crippen LogP contribution in [0.25, 0.3) is 5.69 Å². The highest BCUT2D eigenvalue weighted by Crippen LogP contribution is 2.25. The second-order valence-corrected chi connectivity index (χ2v) is 6.38. The number of carbonyl (C=O) groups is 1. The minimum atomic E-state index is -0.517. The molecule has 1 saturated heterocycles. The fraction of sp³-hybridized carbons (Fsp3) is 0.333. The number of rotatable bonds is 3. The molecule has 2 aromatic heterocycles. The van der Waals surface area contributed by atoms with Crippen molar-refractivity contribution in [2.24, 2.45) is 0 Å². The number of aromatic nitrogens is 4. The highest BCUT2D eigenvalue weighted by atomic mass is 19.1. The summed E-state index contributed by atoms with van der Waals surface area (Å²) >= 11 is 0. The van der Waals surface area contributed by atoms with Gasteiger partial charge < -0.3 is 14.2 Å². The summed E-state index contributed by atoms with van der Waals surface area (Å²) in [5.41, 5.74) is 2.15.